The van der Waals surface area contributed by atoms with Crippen molar-refractivity contribution < 1.29 is 14.5 Å². The van der Waals surface area contributed by atoms with Crippen LogP contribution in [0, 0.1) is 17.0 Å². The summed E-state index contributed by atoms with van der Waals surface area (Å²) in [6, 6.07) is 0. The summed E-state index contributed by atoms with van der Waals surface area (Å²) in [6.45, 7) is 3.50. The van der Waals surface area contributed by atoms with Gasteiger partial charge in [-0.2, -0.15) is 0 Å². The smallest absolute Gasteiger partial charge is 0.339 e. The summed E-state index contributed by atoms with van der Waals surface area (Å²) in [5.41, 5.74) is 0.655. The standard InChI is InChI=1S/C8H9NO4S/c1-3-13-8(10)6-4-14-7(5(6)2)9(11)12/h4H,3H2,1-2H3. The molecule has 1 aromatic rings. The highest BCUT2D eigenvalue weighted by molar-refractivity contribution is 7.13. The van der Waals surface area contributed by atoms with Crippen molar-refractivity contribution >= 4 is 22.3 Å². The summed E-state index contributed by atoms with van der Waals surface area (Å²) in [4.78, 5) is 21.2. The third-order valence-electron chi connectivity index (χ3n) is 1.67. The maximum Gasteiger partial charge on any atom is 0.339 e. The molecule has 14 heavy (non-hydrogen) atoms. The van der Waals surface area contributed by atoms with Crippen LogP contribution in [0.3, 0.4) is 0 Å². The summed E-state index contributed by atoms with van der Waals surface area (Å²) < 4.78 is 4.75. The van der Waals surface area contributed by atoms with Crippen molar-refractivity contribution in [2.75, 3.05) is 6.61 Å². The number of thiophene rings is 1. The third-order valence-corrected chi connectivity index (χ3v) is 2.71. The lowest BCUT2D eigenvalue weighted by atomic mass is 10.2. The van der Waals surface area contributed by atoms with Gasteiger partial charge in [-0.15, -0.1) is 0 Å². The molecule has 0 unspecified atom stereocenters. The van der Waals surface area contributed by atoms with E-state index in [0.717, 1.165) is 11.3 Å². The lowest BCUT2D eigenvalue weighted by molar-refractivity contribution is -0.380. The summed E-state index contributed by atoms with van der Waals surface area (Å²) >= 11 is 0.939. The highest BCUT2D eigenvalue weighted by Crippen LogP contribution is 2.29. The van der Waals surface area contributed by atoms with Crippen molar-refractivity contribution in [1.29, 1.82) is 0 Å². The van der Waals surface area contributed by atoms with Gasteiger partial charge in [-0.05, 0) is 13.8 Å². The van der Waals surface area contributed by atoms with Gasteiger partial charge in [0.2, 0.25) is 0 Å². The van der Waals surface area contributed by atoms with Crippen LogP contribution >= 0.6 is 11.3 Å². The number of carbonyl (C=O) groups is 1. The van der Waals surface area contributed by atoms with Gasteiger partial charge in [-0.25, -0.2) is 4.79 Å². The number of rotatable bonds is 3. The first kappa shape index (κ1) is 10.6. The van der Waals surface area contributed by atoms with Gasteiger partial charge in [0.05, 0.1) is 22.7 Å². The fraction of sp³-hybridized carbons (Fsp3) is 0.375. The average molecular weight is 215 g/mol. The summed E-state index contributed by atoms with van der Waals surface area (Å²) in [5.74, 6) is -0.505. The minimum absolute atomic E-state index is 0.00643. The van der Waals surface area contributed by atoms with Crippen LogP contribution in [0.4, 0.5) is 5.00 Å². The second kappa shape index (κ2) is 4.19. The molecule has 0 bridgehead atoms. The zero-order valence-corrected chi connectivity index (χ0v) is 8.59. The number of hydrogen-bond acceptors (Lipinski definition) is 5. The lowest BCUT2D eigenvalue weighted by Crippen LogP contribution is -2.04. The first-order chi connectivity index (χ1) is 6.57. The number of nitrogens with zero attached hydrogens (tertiary/aromatic N) is 1. The van der Waals surface area contributed by atoms with E-state index >= 15 is 0 Å². The topological polar surface area (TPSA) is 69.4 Å². The Morgan fingerprint density at radius 1 is 1.71 bits per heavy atom. The van der Waals surface area contributed by atoms with E-state index in [1.807, 2.05) is 0 Å². The predicted molar refractivity (Wildman–Crippen MR) is 51.7 cm³/mol. The fourth-order valence-corrected chi connectivity index (χ4v) is 1.87. The number of ether oxygens (including phenoxy) is 1. The Labute approximate surface area is 84.5 Å². The van der Waals surface area contributed by atoms with E-state index in [1.54, 1.807) is 13.8 Å². The molecule has 6 heteroatoms. The number of esters is 1. The van der Waals surface area contributed by atoms with E-state index < -0.39 is 10.9 Å². The Kier molecular flexibility index (Phi) is 3.19. The first-order valence-electron chi connectivity index (χ1n) is 3.97. The van der Waals surface area contributed by atoms with Gasteiger partial charge in [0.1, 0.15) is 0 Å². The van der Waals surface area contributed by atoms with Crippen molar-refractivity contribution in [1.82, 2.24) is 0 Å². The van der Waals surface area contributed by atoms with E-state index in [1.165, 1.54) is 5.38 Å². The molecule has 0 saturated heterocycles. The quantitative estimate of drug-likeness (QED) is 0.440. The van der Waals surface area contributed by atoms with E-state index in [9.17, 15) is 14.9 Å². The summed E-state index contributed by atoms with van der Waals surface area (Å²) in [7, 11) is 0. The molecule has 0 aliphatic heterocycles. The van der Waals surface area contributed by atoms with Crippen molar-refractivity contribution in [2.24, 2.45) is 0 Å². The molecule has 0 atom stereocenters. The first-order valence-corrected chi connectivity index (χ1v) is 4.85. The normalized spacial score (nSPS) is 9.86. The highest BCUT2D eigenvalue weighted by Gasteiger charge is 2.21. The van der Waals surface area contributed by atoms with Crippen LogP contribution in [-0.2, 0) is 4.74 Å². The van der Waals surface area contributed by atoms with Crippen LogP contribution in [0.1, 0.15) is 22.8 Å². The highest BCUT2D eigenvalue weighted by atomic mass is 32.1. The Balaban J connectivity index is 3.00. The maximum absolute atomic E-state index is 11.3. The number of hydrogen-bond donors (Lipinski definition) is 0. The monoisotopic (exact) mass is 215 g/mol. The van der Waals surface area contributed by atoms with E-state index in [2.05, 4.69) is 0 Å². The van der Waals surface area contributed by atoms with Gasteiger partial charge in [0.15, 0.2) is 0 Å². The molecule has 0 aliphatic rings. The molecule has 0 aromatic carbocycles. The Morgan fingerprint density at radius 2 is 2.36 bits per heavy atom. The molecule has 0 radical (unpaired) electrons. The molecular formula is C8H9NO4S. The molecule has 5 nitrogen and oxygen atoms in total. The SMILES string of the molecule is CCOC(=O)c1csc([N+](=O)[O-])c1C. The van der Waals surface area contributed by atoms with Gasteiger partial charge in [0, 0.05) is 5.38 Å². The minimum Gasteiger partial charge on any atom is -0.462 e. The van der Waals surface area contributed by atoms with Gasteiger partial charge in [0.25, 0.3) is 0 Å². The van der Waals surface area contributed by atoms with E-state index in [4.69, 9.17) is 4.74 Å². The Hall–Kier alpha value is -1.43. The largest absolute Gasteiger partial charge is 0.462 e. The van der Waals surface area contributed by atoms with E-state index in [-0.39, 0.29) is 17.2 Å². The third kappa shape index (κ3) is 1.90. The molecule has 0 spiro atoms. The number of carbonyl (C=O) groups excluding carboxylic acids is 1. The molecule has 0 N–H and O–H groups in total. The Bertz CT molecular complexity index is 371. The molecule has 0 aliphatic carbocycles. The number of nitro groups is 1. The van der Waals surface area contributed by atoms with Crippen LogP contribution in [-0.4, -0.2) is 17.5 Å². The summed E-state index contributed by atoms with van der Waals surface area (Å²) in [5, 5.41) is 11.9. The van der Waals surface area contributed by atoms with Crippen LogP contribution in [0.2, 0.25) is 0 Å². The molecule has 1 rings (SSSR count). The Morgan fingerprint density at radius 3 is 2.79 bits per heavy atom. The molecule has 0 amide bonds. The second-order valence-electron chi connectivity index (χ2n) is 2.56. The fourth-order valence-electron chi connectivity index (χ4n) is 0.997. The zero-order valence-electron chi connectivity index (χ0n) is 7.77. The van der Waals surface area contributed by atoms with Crippen LogP contribution in [0.15, 0.2) is 5.38 Å². The van der Waals surface area contributed by atoms with Crippen molar-refractivity contribution in [2.45, 2.75) is 13.8 Å². The van der Waals surface area contributed by atoms with Gasteiger partial charge >= 0.3 is 11.0 Å². The molecule has 0 saturated carbocycles. The maximum atomic E-state index is 11.3. The predicted octanol–water partition coefficient (Wildman–Crippen LogP) is 2.14. The summed E-state index contributed by atoms with van der Waals surface area (Å²) in [6.07, 6.45) is 0. The molecular weight excluding hydrogens is 206 g/mol. The van der Waals surface area contributed by atoms with Crippen LogP contribution < -0.4 is 0 Å². The van der Waals surface area contributed by atoms with Gasteiger partial charge in [-0.1, -0.05) is 11.3 Å². The van der Waals surface area contributed by atoms with Gasteiger partial charge < -0.3 is 4.74 Å². The molecule has 76 valence electrons. The van der Waals surface area contributed by atoms with Crippen LogP contribution in [0.25, 0.3) is 0 Å². The lowest BCUT2D eigenvalue weighted by Gasteiger charge is -1.98. The average Bonchev–Trinajstić information content (AvgIpc) is 2.47. The molecule has 1 aromatic heterocycles. The van der Waals surface area contributed by atoms with Crippen molar-refractivity contribution in [3.8, 4) is 0 Å². The van der Waals surface area contributed by atoms with Crippen LogP contribution in [0.5, 0.6) is 0 Å². The van der Waals surface area contributed by atoms with Gasteiger partial charge in [-0.3, -0.25) is 10.1 Å². The second-order valence-corrected chi connectivity index (χ2v) is 3.42. The zero-order chi connectivity index (χ0) is 10.7. The van der Waals surface area contributed by atoms with Crippen molar-refractivity contribution in [3.05, 3.63) is 26.6 Å². The minimum atomic E-state index is -0.505. The van der Waals surface area contributed by atoms with Crippen molar-refractivity contribution in [3.63, 3.8) is 0 Å². The van der Waals surface area contributed by atoms with E-state index in [0.29, 0.717) is 5.56 Å². The molecule has 1 heterocycles. The molecule has 0 fully saturated rings.